The minimum atomic E-state index is -0.388. The topological polar surface area (TPSA) is 20.2 Å². The van der Waals surface area contributed by atoms with Crippen molar-refractivity contribution in [1.82, 2.24) is 0 Å². The molecule has 2 rings (SSSR count). The standard InChI is InChI=1S/C17H20OS/c1-3-14-4-6-15(7-5-14)12-19-17-10-8-16(9-11-17)13(2)18/h4-11,13,18H,3,12H2,1-2H3. The maximum Gasteiger partial charge on any atom is 0.0761 e. The predicted octanol–water partition coefficient (Wildman–Crippen LogP) is 4.59. The second-order valence-electron chi connectivity index (χ2n) is 4.70. The van der Waals surface area contributed by atoms with E-state index < -0.39 is 0 Å². The molecule has 0 saturated heterocycles. The highest BCUT2D eigenvalue weighted by molar-refractivity contribution is 7.98. The molecule has 100 valence electrons. The van der Waals surface area contributed by atoms with Gasteiger partial charge >= 0.3 is 0 Å². The Balaban J connectivity index is 1.94. The van der Waals surface area contributed by atoms with E-state index >= 15 is 0 Å². The van der Waals surface area contributed by atoms with E-state index in [1.54, 1.807) is 6.92 Å². The molecule has 0 aliphatic rings. The van der Waals surface area contributed by atoms with Crippen LogP contribution < -0.4 is 0 Å². The molecule has 0 spiro atoms. The molecule has 0 fully saturated rings. The number of aliphatic hydroxyl groups excluding tert-OH is 1. The normalized spacial score (nSPS) is 12.4. The lowest BCUT2D eigenvalue weighted by molar-refractivity contribution is 0.199. The van der Waals surface area contributed by atoms with Crippen LogP contribution >= 0.6 is 11.8 Å². The summed E-state index contributed by atoms with van der Waals surface area (Å²) in [6.45, 7) is 3.96. The fraction of sp³-hybridized carbons (Fsp3) is 0.294. The van der Waals surface area contributed by atoms with Gasteiger partial charge in [0, 0.05) is 10.6 Å². The Bertz CT molecular complexity index is 500. The smallest absolute Gasteiger partial charge is 0.0761 e. The molecule has 1 nitrogen and oxygen atoms in total. The van der Waals surface area contributed by atoms with Crippen molar-refractivity contribution >= 4 is 11.8 Å². The second kappa shape index (κ2) is 6.78. The molecule has 0 aliphatic carbocycles. The fourth-order valence-corrected chi connectivity index (χ4v) is 2.73. The summed E-state index contributed by atoms with van der Waals surface area (Å²) in [5, 5.41) is 9.47. The van der Waals surface area contributed by atoms with E-state index in [9.17, 15) is 5.11 Å². The molecule has 1 unspecified atom stereocenters. The van der Waals surface area contributed by atoms with Gasteiger partial charge in [-0.25, -0.2) is 0 Å². The minimum Gasteiger partial charge on any atom is -0.389 e. The lowest BCUT2D eigenvalue weighted by Gasteiger charge is -2.06. The molecule has 2 aromatic rings. The van der Waals surface area contributed by atoms with E-state index in [1.165, 1.54) is 16.0 Å². The number of aliphatic hydroxyl groups is 1. The van der Waals surface area contributed by atoms with Crippen molar-refractivity contribution in [3.05, 3.63) is 65.2 Å². The molecular weight excluding hydrogens is 252 g/mol. The van der Waals surface area contributed by atoms with Gasteiger partial charge in [0.25, 0.3) is 0 Å². The van der Waals surface area contributed by atoms with Crippen LogP contribution in [0.1, 0.15) is 36.6 Å². The number of hydrogen-bond acceptors (Lipinski definition) is 2. The van der Waals surface area contributed by atoms with Crippen molar-refractivity contribution in [2.45, 2.75) is 37.0 Å². The summed E-state index contributed by atoms with van der Waals surface area (Å²) in [7, 11) is 0. The Kier molecular flexibility index (Phi) is 5.06. The van der Waals surface area contributed by atoms with Crippen LogP contribution in [0, 0.1) is 0 Å². The van der Waals surface area contributed by atoms with Gasteiger partial charge in [0.2, 0.25) is 0 Å². The van der Waals surface area contributed by atoms with Crippen LogP contribution in [0.2, 0.25) is 0 Å². The first-order valence-electron chi connectivity index (χ1n) is 6.67. The summed E-state index contributed by atoms with van der Waals surface area (Å²) in [4.78, 5) is 1.24. The molecule has 0 bridgehead atoms. The second-order valence-corrected chi connectivity index (χ2v) is 5.75. The lowest BCUT2D eigenvalue weighted by Crippen LogP contribution is -1.89. The summed E-state index contributed by atoms with van der Waals surface area (Å²) in [5.41, 5.74) is 3.70. The van der Waals surface area contributed by atoms with Crippen LogP contribution in [0.15, 0.2) is 53.4 Å². The monoisotopic (exact) mass is 272 g/mol. The van der Waals surface area contributed by atoms with Crippen LogP contribution in [0.25, 0.3) is 0 Å². The number of aryl methyl sites for hydroxylation is 1. The van der Waals surface area contributed by atoms with Gasteiger partial charge in [-0.3, -0.25) is 0 Å². The number of thioether (sulfide) groups is 1. The number of rotatable bonds is 5. The van der Waals surface area contributed by atoms with Crippen molar-refractivity contribution in [3.63, 3.8) is 0 Å². The number of benzene rings is 2. The van der Waals surface area contributed by atoms with Gasteiger partial charge in [-0.2, -0.15) is 0 Å². The first kappa shape index (κ1) is 14.2. The summed E-state index contributed by atoms with van der Waals surface area (Å²) >= 11 is 1.83. The summed E-state index contributed by atoms with van der Waals surface area (Å²) in [6, 6.07) is 16.9. The van der Waals surface area contributed by atoms with Crippen LogP contribution in [0.3, 0.4) is 0 Å². The molecule has 0 radical (unpaired) electrons. The zero-order valence-corrected chi connectivity index (χ0v) is 12.3. The Morgan fingerprint density at radius 3 is 2.05 bits per heavy atom. The molecule has 19 heavy (non-hydrogen) atoms. The van der Waals surface area contributed by atoms with E-state index in [0.29, 0.717) is 0 Å². The third kappa shape index (κ3) is 4.12. The van der Waals surface area contributed by atoms with Gasteiger partial charge in [-0.05, 0) is 42.2 Å². The molecule has 0 aliphatic heterocycles. The van der Waals surface area contributed by atoms with Gasteiger partial charge < -0.3 is 5.11 Å². The van der Waals surface area contributed by atoms with Gasteiger partial charge in [0.1, 0.15) is 0 Å². The molecule has 1 N–H and O–H groups in total. The SMILES string of the molecule is CCc1ccc(CSc2ccc(C(C)O)cc2)cc1. The molecule has 2 aromatic carbocycles. The predicted molar refractivity (Wildman–Crippen MR) is 82.5 cm³/mol. The maximum absolute atomic E-state index is 9.47. The van der Waals surface area contributed by atoms with Crippen molar-refractivity contribution in [1.29, 1.82) is 0 Å². The molecule has 0 amide bonds. The molecule has 0 saturated carbocycles. The fourth-order valence-electron chi connectivity index (χ4n) is 1.88. The van der Waals surface area contributed by atoms with Crippen molar-refractivity contribution in [3.8, 4) is 0 Å². The Morgan fingerprint density at radius 2 is 1.53 bits per heavy atom. The third-order valence-electron chi connectivity index (χ3n) is 3.20. The molecule has 0 aromatic heterocycles. The Morgan fingerprint density at radius 1 is 0.947 bits per heavy atom. The first-order chi connectivity index (χ1) is 9.19. The first-order valence-corrected chi connectivity index (χ1v) is 7.66. The summed E-state index contributed by atoms with van der Waals surface area (Å²) in [6.07, 6.45) is 0.703. The van der Waals surface area contributed by atoms with Gasteiger partial charge in [0.05, 0.1) is 6.10 Å². The van der Waals surface area contributed by atoms with E-state index in [1.807, 2.05) is 23.9 Å². The zero-order chi connectivity index (χ0) is 13.7. The van der Waals surface area contributed by atoms with E-state index in [-0.39, 0.29) is 6.10 Å². The molecule has 2 heteroatoms. The van der Waals surface area contributed by atoms with Crippen LogP contribution in [-0.4, -0.2) is 5.11 Å². The highest BCUT2D eigenvalue weighted by Gasteiger charge is 2.01. The highest BCUT2D eigenvalue weighted by Crippen LogP contribution is 2.24. The average molecular weight is 272 g/mol. The Labute approximate surface area is 119 Å². The van der Waals surface area contributed by atoms with Crippen LogP contribution in [0.5, 0.6) is 0 Å². The van der Waals surface area contributed by atoms with Crippen molar-refractivity contribution in [2.24, 2.45) is 0 Å². The third-order valence-corrected chi connectivity index (χ3v) is 4.28. The van der Waals surface area contributed by atoms with Crippen molar-refractivity contribution in [2.75, 3.05) is 0 Å². The number of hydrogen-bond donors (Lipinski definition) is 1. The largest absolute Gasteiger partial charge is 0.389 e. The average Bonchev–Trinajstić information content (AvgIpc) is 2.46. The molecular formula is C17H20OS. The quantitative estimate of drug-likeness (QED) is 0.803. The molecule has 1 atom stereocenters. The Hall–Kier alpha value is -1.25. The maximum atomic E-state index is 9.47. The molecule has 0 heterocycles. The zero-order valence-electron chi connectivity index (χ0n) is 11.5. The van der Waals surface area contributed by atoms with Gasteiger partial charge in [-0.1, -0.05) is 43.3 Å². The van der Waals surface area contributed by atoms with Gasteiger partial charge in [-0.15, -0.1) is 11.8 Å². The van der Waals surface area contributed by atoms with Crippen LogP contribution in [-0.2, 0) is 12.2 Å². The van der Waals surface area contributed by atoms with Crippen molar-refractivity contribution < 1.29 is 5.11 Å². The van der Waals surface area contributed by atoms with Crippen LogP contribution in [0.4, 0.5) is 0 Å². The van der Waals surface area contributed by atoms with E-state index in [4.69, 9.17) is 0 Å². The summed E-state index contributed by atoms with van der Waals surface area (Å²) in [5.74, 6) is 0.984. The summed E-state index contributed by atoms with van der Waals surface area (Å²) < 4.78 is 0. The lowest BCUT2D eigenvalue weighted by atomic mass is 10.1. The van der Waals surface area contributed by atoms with E-state index in [0.717, 1.165) is 17.7 Å². The van der Waals surface area contributed by atoms with E-state index in [2.05, 4.69) is 43.3 Å². The van der Waals surface area contributed by atoms with Gasteiger partial charge in [0.15, 0.2) is 0 Å². The highest BCUT2D eigenvalue weighted by atomic mass is 32.2. The minimum absolute atomic E-state index is 0.388.